The molecule has 0 aliphatic heterocycles. The van der Waals surface area contributed by atoms with Crippen molar-refractivity contribution in [2.75, 3.05) is 4.72 Å². The molecule has 0 spiro atoms. The molecule has 32 heavy (non-hydrogen) atoms. The summed E-state index contributed by atoms with van der Waals surface area (Å²) < 4.78 is 27.4. The van der Waals surface area contributed by atoms with Gasteiger partial charge in [-0.05, 0) is 47.5 Å². The fourth-order valence-electron chi connectivity index (χ4n) is 3.04. The van der Waals surface area contributed by atoms with Crippen LogP contribution < -0.4 is 4.72 Å². The zero-order valence-corrected chi connectivity index (χ0v) is 18.9. The average molecular weight is 465 g/mol. The summed E-state index contributed by atoms with van der Waals surface area (Å²) >= 11 is 1.20. The number of aliphatic imine (C=N–C) groups is 1. The van der Waals surface area contributed by atoms with E-state index < -0.39 is 10.0 Å². The second-order valence-corrected chi connectivity index (χ2v) is 9.70. The second-order valence-electron chi connectivity index (χ2n) is 6.95. The zero-order valence-electron chi connectivity index (χ0n) is 17.2. The van der Waals surface area contributed by atoms with Crippen LogP contribution in [0.25, 0.3) is 10.8 Å². The van der Waals surface area contributed by atoms with Crippen LogP contribution in [-0.2, 0) is 16.4 Å². The third-order valence-electron chi connectivity index (χ3n) is 4.73. The minimum absolute atomic E-state index is 0.0357. The number of ketones is 1. The van der Waals surface area contributed by atoms with Gasteiger partial charge in [-0.25, -0.2) is 8.42 Å². The van der Waals surface area contributed by atoms with Crippen molar-refractivity contribution in [1.82, 2.24) is 10.2 Å². The first-order valence-corrected chi connectivity index (χ1v) is 12.2. The number of rotatable bonds is 8. The van der Waals surface area contributed by atoms with E-state index >= 15 is 0 Å². The molecule has 7 nitrogen and oxygen atoms in total. The SMILES string of the molecule is CCc1nnc(NS(=O)(=O)c2ccc(N=CCC(=O)c3ccc4ccccc4c3)cc2)s1. The Hall–Kier alpha value is -3.43. The number of nitrogens with one attached hydrogen (secondary N) is 1. The van der Waals surface area contributed by atoms with Gasteiger partial charge in [-0.15, -0.1) is 10.2 Å². The summed E-state index contributed by atoms with van der Waals surface area (Å²) in [6, 6.07) is 19.6. The van der Waals surface area contributed by atoms with Crippen LogP contribution in [0.5, 0.6) is 0 Å². The molecule has 0 fully saturated rings. The van der Waals surface area contributed by atoms with Gasteiger partial charge in [0.1, 0.15) is 5.01 Å². The van der Waals surface area contributed by atoms with E-state index in [2.05, 4.69) is 19.9 Å². The standard InChI is InChI=1S/C23H20N4O3S2/c1-2-22-25-26-23(31-22)27-32(29,30)20-11-9-19(10-12-20)24-14-13-21(28)18-8-7-16-5-3-4-6-17(16)15-18/h3-12,14-15H,2,13H2,1H3,(H,26,27). The number of hydrogen-bond acceptors (Lipinski definition) is 7. The summed E-state index contributed by atoms with van der Waals surface area (Å²) in [4.78, 5) is 16.8. The maximum atomic E-state index is 12.5. The predicted octanol–water partition coefficient (Wildman–Crippen LogP) is 5.03. The molecule has 1 aromatic heterocycles. The number of anilines is 1. The summed E-state index contributed by atoms with van der Waals surface area (Å²) in [6.45, 7) is 1.92. The highest BCUT2D eigenvalue weighted by Gasteiger charge is 2.16. The Balaban J connectivity index is 1.39. The van der Waals surface area contributed by atoms with Crippen molar-refractivity contribution in [3.8, 4) is 0 Å². The van der Waals surface area contributed by atoms with Crippen LogP contribution in [-0.4, -0.2) is 30.6 Å². The fraction of sp³-hybridized carbons (Fsp3) is 0.130. The maximum Gasteiger partial charge on any atom is 0.263 e. The number of benzene rings is 3. The first kappa shape index (κ1) is 21.8. The number of carbonyl (C=O) groups excluding carboxylic acids is 1. The Kier molecular flexibility index (Phi) is 6.38. The van der Waals surface area contributed by atoms with Gasteiger partial charge >= 0.3 is 0 Å². The molecule has 4 rings (SSSR count). The van der Waals surface area contributed by atoms with Crippen molar-refractivity contribution in [2.24, 2.45) is 4.99 Å². The number of nitrogens with zero attached hydrogens (tertiary/aromatic N) is 3. The number of sulfonamides is 1. The van der Waals surface area contributed by atoms with Crippen LogP contribution in [0, 0.1) is 0 Å². The highest BCUT2D eigenvalue weighted by atomic mass is 32.2. The van der Waals surface area contributed by atoms with Crippen molar-refractivity contribution in [2.45, 2.75) is 24.7 Å². The molecule has 0 amide bonds. The van der Waals surface area contributed by atoms with Gasteiger partial charge in [0, 0.05) is 18.2 Å². The van der Waals surface area contributed by atoms with Gasteiger partial charge < -0.3 is 0 Å². The largest absolute Gasteiger partial charge is 0.294 e. The Bertz CT molecular complexity index is 1390. The van der Waals surface area contributed by atoms with E-state index in [1.807, 2.05) is 49.4 Å². The van der Waals surface area contributed by atoms with Crippen molar-refractivity contribution < 1.29 is 13.2 Å². The fourth-order valence-corrected chi connectivity index (χ4v) is 4.95. The molecule has 4 aromatic rings. The molecule has 0 unspecified atom stereocenters. The van der Waals surface area contributed by atoms with E-state index in [1.54, 1.807) is 12.1 Å². The van der Waals surface area contributed by atoms with Gasteiger partial charge in [0.15, 0.2) is 5.78 Å². The van der Waals surface area contributed by atoms with Gasteiger partial charge in [0.2, 0.25) is 5.13 Å². The highest BCUT2D eigenvalue weighted by molar-refractivity contribution is 7.93. The third-order valence-corrected chi connectivity index (χ3v) is 7.19. The normalized spacial score (nSPS) is 11.8. The number of carbonyl (C=O) groups is 1. The van der Waals surface area contributed by atoms with E-state index in [0.717, 1.165) is 15.8 Å². The van der Waals surface area contributed by atoms with Crippen LogP contribution in [0.4, 0.5) is 10.8 Å². The number of aromatic nitrogens is 2. The molecule has 9 heteroatoms. The number of aryl methyl sites for hydroxylation is 1. The third kappa shape index (κ3) is 5.06. The van der Waals surface area contributed by atoms with Crippen LogP contribution in [0.1, 0.15) is 28.7 Å². The Morgan fingerprint density at radius 2 is 1.78 bits per heavy atom. The van der Waals surface area contributed by atoms with E-state index in [-0.39, 0.29) is 22.2 Å². The average Bonchev–Trinajstić information content (AvgIpc) is 3.26. The Labute approximate surface area is 189 Å². The number of fused-ring (bicyclic) bond motifs is 1. The van der Waals surface area contributed by atoms with Crippen molar-refractivity contribution in [1.29, 1.82) is 0 Å². The maximum absolute atomic E-state index is 12.5. The topological polar surface area (TPSA) is 101 Å². The molecule has 0 aliphatic carbocycles. The Morgan fingerprint density at radius 1 is 1.03 bits per heavy atom. The zero-order chi connectivity index (χ0) is 22.6. The first-order chi connectivity index (χ1) is 15.4. The molecule has 0 saturated carbocycles. The quantitative estimate of drug-likeness (QED) is 0.291. The number of Topliss-reactive ketones (excluding diaryl/α,β-unsaturated/α-hetero) is 1. The molecule has 3 aromatic carbocycles. The monoisotopic (exact) mass is 464 g/mol. The van der Waals surface area contributed by atoms with Crippen LogP contribution >= 0.6 is 11.3 Å². The second kappa shape index (κ2) is 9.37. The molecule has 0 aliphatic rings. The van der Waals surface area contributed by atoms with Crippen molar-refractivity contribution >= 4 is 54.9 Å². The molecule has 0 radical (unpaired) electrons. The van der Waals surface area contributed by atoms with Crippen LogP contribution in [0.15, 0.2) is 76.6 Å². The lowest BCUT2D eigenvalue weighted by molar-refractivity contribution is 0.100. The molecule has 1 heterocycles. The van der Waals surface area contributed by atoms with Gasteiger partial charge in [0.25, 0.3) is 10.0 Å². The van der Waals surface area contributed by atoms with Crippen LogP contribution in [0.3, 0.4) is 0 Å². The molecule has 0 saturated heterocycles. The smallest absolute Gasteiger partial charge is 0.263 e. The predicted molar refractivity (Wildman–Crippen MR) is 128 cm³/mol. The summed E-state index contributed by atoms with van der Waals surface area (Å²) in [7, 11) is -3.76. The van der Waals surface area contributed by atoms with Gasteiger partial charge in [-0.1, -0.05) is 54.7 Å². The van der Waals surface area contributed by atoms with Gasteiger partial charge in [0.05, 0.1) is 10.6 Å². The highest BCUT2D eigenvalue weighted by Crippen LogP contribution is 2.22. The number of hydrogen-bond donors (Lipinski definition) is 1. The van der Waals surface area contributed by atoms with E-state index in [0.29, 0.717) is 17.7 Å². The van der Waals surface area contributed by atoms with E-state index in [4.69, 9.17) is 0 Å². The van der Waals surface area contributed by atoms with Gasteiger partial charge in [-0.2, -0.15) is 0 Å². The lowest BCUT2D eigenvalue weighted by Gasteiger charge is -2.04. The van der Waals surface area contributed by atoms with Crippen LogP contribution in [0.2, 0.25) is 0 Å². The molecule has 0 bridgehead atoms. The summed E-state index contributed by atoms with van der Waals surface area (Å²) in [5, 5.41) is 10.8. The van der Waals surface area contributed by atoms with Gasteiger partial charge in [-0.3, -0.25) is 14.5 Å². The van der Waals surface area contributed by atoms with Crippen molar-refractivity contribution in [3.63, 3.8) is 0 Å². The van der Waals surface area contributed by atoms with Crippen molar-refractivity contribution in [3.05, 3.63) is 77.3 Å². The molecular formula is C23H20N4O3S2. The minimum atomic E-state index is -3.76. The first-order valence-electron chi connectivity index (χ1n) is 9.94. The Morgan fingerprint density at radius 3 is 2.50 bits per heavy atom. The lowest BCUT2D eigenvalue weighted by Crippen LogP contribution is -2.12. The molecule has 0 atom stereocenters. The molecule has 162 valence electrons. The lowest BCUT2D eigenvalue weighted by atomic mass is 10.0. The summed E-state index contributed by atoms with van der Waals surface area (Å²) in [6.07, 6.45) is 2.37. The van der Waals surface area contributed by atoms with E-state index in [1.165, 1.54) is 29.7 Å². The molecular weight excluding hydrogens is 444 g/mol. The molecule has 1 N–H and O–H groups in total. The minimum Gasteiger partial charge on any atom is -0.294 e. The summed E-state index contributed by atoms with van der Waals surface area (Å²) in [5.41, 5.74) is 1.19. The summed E-state index contributed by atoms with van der Waals surface area (Å²) in [5.74, 6) is -0.0357. The van der Waals surface area contributed by atoms with E-state index in [9.17, 15) is 13.2 Å².